The second-order valence-electron chi connectivity index (χ2n) is 9.27. The van der Waals surface area contributed by atoms with E-state index in [-0.39, 0.29) is 18.0 Å². The Kier molecular flexibility index (Phi) is 4.81. The fraction of sp³-hybridized carbons (Fsp3) is 0.308. The van der Waals surface area contributed by atoms with Gasteiger partial charge in [-0.05, 0) is 50.3 Å². The molecule has 3 heterocycles. The van der Waals surface area contributed by atoms with Crippen molar-refractivity contribution in [3.8, 4) is 10.4 Å². The predicted molar refractivity (Wildman–Crippen MR) is 130 cm³/mol. The van der Waals surface area contributed by atoms with E-state index in [9.17, 15) is 9.59 Å². The highest BCUT2D eigenvalue weighted by atomic mass is 32.1. The van der Waals surface area contributed by atoms with Gasteiger partial charge in [-0.3, -0.25) is 9.59 Å². The molecule has 2 amide bonds. The van der Waals surface area contributed by atoms with Gasteiger partial charge in [0.05, 0.1) is 15.4 Å². The molecule has 0 bridgehead atoms. The number of amides is 2. The van der Waals surface area contributed by atoms with Gasteiger partial charge in [0.1, 0.15) is 11.2 Å². The third-order valence-electron chi connectivity index (χ3n) is 6.80. The van der Waals surface area contributed by atoms with Crippen LogP contribution in [0.3, 0.4) is 0 Å². The SMILES string of the molecule is Cc1cccc(-c2sc(C)nc2C(=O)N2[C@H](Cc3nc4cccc(C(N)=O)c4o3)C[C@@H]3C[C@@H]32)c1. The Bertz CT molecular complexity index is 1460. The fourth-order valence-corrected chi connectivity index (χ4v) is 6.12. The van der Waals surface area contributed by atoms with Crippen LogP contribution in [0.25, 0.3) is 21.5 Å². The Balaban J connectivity index is 1.32. The van der Waals surface area contributed by atoms with Gasteiger partial charge in [0.15, 0.2) is 11.5 Å². The van der Waals surface area contributed by atoms with Crippen molar-refractivity contribution in [3.05, 3.63) is 70.2 Å². The third-order valence-corrected chi connectivity index (χ3v) is 7.82. The van der Waals surface area contributed by atoms with Crippen LogP contribution >= 0.6 is 11.3 Å². The van der Waals surface area contributed by atoms with Gasteiger partial charge in [-0.15, -0.1) is 11.3 Å². The minimum Gasteiger partial charge on any atom is -0.440 e. The summed E-state index contributed by atoms with van der Waals surface area (Å²) < 4.78 is 5.95. The zero-order valence-electron chi connectivity index (χ0n) is 18.9. The number of thiazole rings is 1. The van der Waals surface area contributed by atoms with Crippen LogP contribution in [0.5, 0.6) is 0 Å². The summed E-state index contributed by atoms with van der Waals surface area (Å²) in [6, 6.07) is 13.6. The second-order valence-corrected chi connectivity index (χ2v) is 10.5. The summed E-state index contributed by atoms with van der Waals surface area (Å²) in [5, 5.41) is 0.876. The van der Waals surface area contributed by atoms with Gasteiger partial charge in [0, 0.05) is 18.5 Å². The zero-order valence-corrected chi connectivity index (χ0v) is 19.8. The molecular formula is C26H24N4O3S. The monoisotopic (exact) mass is 472 g/mol. The van der Waals surface area contributed by atoms with E-state index < -0.39 is 5.91 Å². The normalized spacial score (nSPS) is 21.1. The highest BCUT2D eigenvalue weighted by Crippen LogP contribution is 2.49. The maximum absolute atomic E-state index is 13.9. The number of oxazole rings is 1. The predicted octanol–water partition coefficient (Wildman–Crippen LogP) is 4.51. The Morgan fingerprint density at radius 1 is 1.15 bits per heavy atom. The minimum absolute atomic E-state index is 0.0197. The largest absolute Gasteiger partial charge is 0.440 e. The van der Waals surface area contributed by atoms with Gasteiger partial charge in [-0.1, -0.05) is 35.9 Å². The first-order valence-corrected chi connectivity index (χ1v) is 12.3. The summed E-state index contributed by atoms with van der Waals surface area (Å²) in [5.74, 6) is 0.461. The van der Waals surface area contributed by atoms with E-state index in [1.54, 1.807) is 29.5 Å². The van der Waals surface area contributed by atoms with Crippen molar-refractivity contribution in [3.63, 3.8) is 0 Å². The molecule has 1 saturated heterocycles. The van der Waals surface area contributed by atoms with Crippen LogP contribution in [0.1, 0.15) is 50.1 Å². The highest BCUT2D eigenvalue weighted by Gasteiger charge is 2.54. The van der Waals surface area contributed by atoms with Gasteiger partial charge in [0.2, 0.25) is 0 Å². The van der Waals surface area contributed by atoms with Gasteiger partial charge < -0.3 is 15.1 Å². The molecule has 1 aliphatic heterocycles. The molecule has 0 radical (unpaired) electrons. The van der Waals surface area contributed by atoms with E-state index in [1.807, 2.05) is 36.9 Å². The number of likely N-dealkylation sites (tertiary alicyclic amines) is 1. The zero-order chi connectivity index (χ0) is 23.6. The number of nitrogens with zero attached hydrogens (tertiary/aromatic N) is 3. The molecule has 2 N–H and O–H groups in total. The molecule has 3 atom stereocenters. The highest BCUT2D eigenvalue weighted by molar-refractivity contribution is 7.15. The van der Waals surface area contributed by atoms with E-state index in [1.165, 1.54) is 0 Å². The molecule has 2 aliphatic rings. The molecule has 172 valence electrons. The summed E-state index contributed by atoms with van der Waals surface area (Å²) in [6.07, 6.45) is 2.44. The molecule has 2 fully saturated rings. The van der Waals surface area contributed by atoms with Crippen molar-refractivity contribution in [1.29, 1.82) is 0 Å². The standard InChI is InChI=1S/C26H24N4O3S/c1-13-5-3-6-15(9-13)24-22(28-14(2)34-24)26(32)30-17(10-16-11-20(16)30)12-21-29-19-8-4-7-18(25(27)31)23(19)33-21/h3-9,16-17,20H,10-12H2,1-2H3,(H2,27,31)/t16-,17+,20+/m1/s1. The van der Waals surface area contributed by atoms with Crippen molar-refractivity contribution < 1.29 is 14.0 Å². The third kappa shape index (κ3) is 3.49. The molecule has 4 aromatic rings. The van der Waals surface area contributed by atoms with Crippen molar-refractivity contribution in [2.75, 3.05) is 0 Å². The first-order chi connectivity index (χ1) is 16.4. The van der Waals surface area contributed by atoms with Crippen molar-refractivity contribution in [2.45, 2.75) is 45.2 Å². The Labute approximate surface area is 200 Å². The lowest BCUT2D eigenvalue weighted by atomic mass is 10.1. The average Bonchev–Trinajstić information content (AvgIpc) is 3.12. The number of hydrogen-bond donors (Lipinski definition) is 1. The number of primary amides is 1. The number of nitrogens with two attached hydrogens (primary N) is 1. The van der Waals surface area contributed by atoms with Crippen LogP contribution in [-0.2, 0) is 6.42 Å². The summed E-state index contributed by atoms with van der Waals surface area (Å²) in [6.45, 7) is 3.99. The van der Waals surface area contributed by atoms with E-state index >= 15 is 0 Å². The number of benzene rings is 2. The average molecular weight is 473 g/mol. The van der Waals surface area contributed by atoms with Crippen LogP contribution in [0.15, 0.2) is 46.9 Å². The van der Waals surface area contributed by atoms with Gasteiger partial charge in [-0.25, -0.2) is 9.97 Å². The lowest BCUT2D eigenvalue weighted by molar-refractivity contribution is 0.0691. The summed E-state index contributed by atoms with van der Waals surface area (Å²) in [7, 11) is 0. The number of aryl methyl sites for hydroxylation is 2. The smallest absolute Gasteiger partial charge is 0.274 e. The molecule has 1 saturated carbocycles. The lowest BCUT2D eigenvalue weighted by Gasteiger charge is -2.26. The molecule has 1 aliphatic carbocycles. The number of fused-ring (bicyclic) bond motifs is 2. The van der Waals surface area contributed by atoms with Crippen LogP contribution in [0.4, 0.5) is 0 Å². The van der Waals surface area contributed by atoms with Crippen LogP contribution in [-0.4, -0.2) is 38.8 Å². The first kappa shape index (κ1) is 21.0. The number of para-hydroxylation sites is 1. The quantitative estimate of drug-likeness (QED) is 0.460. The second kappa shape index (κ2) is 7.77. The number of rotatable bonds is 5. The van der Waals surface area contributed by atoms with Crippen LogP contribution < -0.4 is 5.73 Å². The number of piperidine rings is 1. The molecule has 0 spiro atoms. The summed E-state index contributed by atoms with van der Waals surface area (Å²) in [5.41, 5.74) is 9.51. The van der Waals surface area contributed by atoms with Gasteiger partial charge >= 0.3 is 0 Å². The van der Waals surface area contributed by atoms with Crippen LogP contribution in [0.2, 0.25) is 0 Å². The summed E-state index contributed by atoms with van der Waals surface area (Å²) in [4.78, 5) is 37.8. The van der Waals surface area contributed by atoms with Crippen molar-refractivity contribution >= 4 is 34.3 Å². The minimum atomic E-state index is -0.546. The lowest BCUT2D eigenvalue weighted by Crippen LogP contribution is -2.40. The number of aromatic nitrogens is 2. The number of hydrogen-bond acceptors (Lipinski definition) is 6. The van der Waals surface area contributed by atoms with E-state index in [2.05, 4.69) is 16.0 Å². The topological polar surface area (TPSA) is 102 Å². The van der Waals surface area contributed by atoms with Crippen LogP contribution in [0, 0.1) is 19.8 Å². The molecule has 7 nitrogen and oxygen atoms in total. The molecular weight excluding hydrogens is 448 g/mol. The van der Waals surface area contributed by atoms with E-state index in [0.29, 0.717) is 40.6 Å². The maximum Gasteiger partial charge on any atom is 0.274 e. The van der Waals surface area contributed by atoms with E-state index in [0.717, 1.165) is 33.9 Å². The molecule has 2 aromatic heterocycles. The molecule has 0 unspecified atom stereocenters. The number of carbonyl (C=O) groups excluding carboxylic acids is 2. The van der Waals surface area contributed by atoms with Crippen molar-refractivity contribution in [1.82, 2.24) is 14.9 Å². The Morgan fingerprint density at radius 2 is 1.97 bits per heavy atom. The Hall–Kier alpha value is -3.52. The molecule has 6 rings (SSSR count). The number of carbonyl (C=O) groups is 2. The Morgan fingerprint density at radius 3 is 2.76 bits per heavy atom. The molecule has 2 aromatic carbocycles. The summed E-state index contributed by atoms with van der Waals surface area (Å²) >= 11 is 1.56. The molecule has 34 heavy (non-hydrogen) atoms. The fourth-order valence-electron chi connectivity index (χ4n) is 5.21. The van der Waals surface area contributed by atoms with Crippen molar-refractivity contribution in [2.24, 2.45) is 11.7 Å². The maximum atomic E-state index is 13.9. The van der Waals surface area contributed by atoms with Gasteiger partial charge in [0.25, 0.3) is 11.8 Å². The first-order valence-electron chi connectivity index (χ1n) is 11.4. The molecule has 8 heteroatoms. The van der Waals surface area contributed by atoms with Gasteiger partial charge in [-0.2, -0.15) is 0 Å². The van der Waals surface area contributed by atoms with E-state index in [4.69, 9.17) is 10.2 Å².